The zero-order valence-corrected chi connectivity index (χ0v) is 16.1. The lowest BCUT2D eigenvalue weighted by Gasteiger charge is -2.35. The Morgan fingerprint density at radius 2 is 2.11 bits per heavy atom. The highest BCUT2D eigenvalue weighted by Gasteiger charge is 2.36. The van der Waals surface area contributed by atoms with Gasteiger partial charge in [0.1, 0.15) is 5.76 Å². The first-order valence-electron chi connectivity index (χ1n) is 8.70. The highest BCUT2D eigenvalue weighted by molar-refractivity contribution is 6.31. The molecule has 1 aliphatic heterocycles. The Kier molecular flexibility index (Phi) is 5.51. The molecule has 8 heteroatoms. The first-order valence-corrected chi connectivity index (χ1v) is 9.08. The van der Waals surface area contributed by atoms with Crippen molar-refractivity contribution in [1.82, 2.24) is 15.4 Å². The van der Waals surface area contributed by atoms with Crippen LogP contribution in [0.4, 0.5) is 10.6 Å². The number of aryl methyl sites for hydroxylation is 1. The Morgan fingerprint density at radius 3 is 2.74 bits per heavy atom. The van der Waals surface area contributed by atoms with E-state index < -0.39 is 6.04 Å². The van der Waals surface area contributed by atoms with Crippen molar-refractivity contribution in [3.8, 4) is 0 Å². The third-order valence-electron chi connectivity index (χ3n) is 4.37. The predicted molar refractivity (Wildman–Crippen MR) is 102 cm³/mol. The minimum Gasteiger partial charge on any atom is -0.360 e. The Hall–Kier alpha value is -2.80. The lowest BCUT2D eigenvalue weighted by Crippen LogP contribution is -2.48. The van der Waals surface area contributed by atoms with Gasteiger partial charge in [0.05, 0.1) is 11.6 Å². The van der Waals surface area contributed by atoms with Crippen LogP contribution >= 0.6 is 11.6 Å². The minimum absolute atomic E-state index is 0.256. The van der Waals surface area contributed by atoms with Gasteiger partial charge < -0.3 is 15.2 Å². The van der Waals surface area contributed by atoms with Crippen LogP contribution in [-0.4, -0.2) is 28.5 Å². The first-order chi connectivity index (χ1) is 12.9. The van der Waals surface area contributed by atoms with Crippen molar-refractivity contribution in [1.29, 1.82) is 0 Å². The number of aromatic nitrogens is 1. The number of urea groups is 1. The normalized spacial score (nSPS) is 17.1. The van der Waals surface area contributed by atoms with Gasteiger partial charge in [-0.15, -0.1) is 0 Å². The number of carbonyl (C=O) groups excluding carboxylic acids is 2. The topological polar surface area (TPSA) is 87.5 Å². The number of amides is 3. The molecule has 1 aliphatic rings. The summed E-state index contributed by atoms with van der Waals surface area (Å²) in [6.07, 6.45) is 0.763. The molecule has 3 amide bonds. The van der Waals surface area contributed by atoms with Crippen LogP contribution in [0.15, 0.2) is 46.1 Å². The molecule has 0 saturated carbocycles. The van der Waals surface area contributed by atoms with E-state index in [1.807, 2.05) is 13.0 Å². The van der Waals surface area contributed by atoms with Crippen molar-refractivity contribution < 1.29 is 14.1 Å². The summed E-state index contributed by atoms with van der Waals surface area (Å²) in [6.45, 7) is 5.98. The summed E-state index contributed by atoms with van der Waals surface area (Å²) in [4.78, 5) is 27.2. The maximum absolute atomic E-state index is 13.1. The number of rotatable bonds is 5. The quantitative estimate of drug-likeness (QED) is 0.809. The average Bonchev–Trinajstić information content (AvgIpc) is 3.03. The molecule has 142 valence electrons. The van der Waals surface area contributed by atoms with Crippen LogP contribution in [0.2, 0.25) is 5.02 Å². The summed E-state index contributed by atoms with van der Waals surface area (Å²) in [5, 5.41) is 9.92. The monoisotopic (exact) mass is 388 g/mol. The maximum Gasteiger partial charge on any atom is 0.322 e. The summed E-state index contributed by atoms with van der Waals surface area (Å²) in [7, 11) is 0. The Balaban J connectivity index is 2.04. The second kappa shape index (κ2) is 7.84. The van der Waals surface area contributed by atoms with E-state index in [4.69, 9.17) is 16.1 Å². The van der Waals surface area contributed by atoms with Crippen LogP contribution in [0, 0.1) is 6.92 Å². The molecular formula is C19H21ClN4O3. The SMILES string of the molecule is CCCN1C(=O)N[C@H](c2ccccc2Cl)C(C(=O)Nc2cc(C)on2)=C1C. The van der Waals surface area contributed by atoms with Crippen molar-refractivity contribution in [2.45, 2.75) is 33.2 Å². The molecule has 7 nitrogen and oxygen atoms in total. The van der Waals surface area contributed by atoms with E-state index >= 15 is 0 Å². The van der Waals surface area contributed by atoms with Crippen LogP contribution in [0.25, 0.3) is 0 Å². The molecule has 0 fully saturated rings. The van der Waals surface area contributed by atoms with Gasteiger partial charge in [-0.3, -0.25) is 9.69 Å². The van der Waals surface area contributed by atoms with Crippen molar-refractivity contribution in [2.75, 3.05) is 11.9 Å². The van der Waals surface area contributed by atoms with E-state index in [1.54, 1.807) is 43.0 Å². The van der Waals surface area contributed by atoms with E-state index in [0.29, 0.717) is 40.0 Å². The molecule has 0 unspecified atom stereocenters. The molecule has 1 atom stereocenters. The molecule has 3 rings (SSSR count). The fourth-order valence-electron chi connectivity index (χ4n) is 3.12. The molecular weight excluding hydrogens is 368 g/mol. The van der Waals surface area contributed by atoms with E-state index in [1.165, 1.54) is 0 Å². The van der Waals surface area contributed by atoms with Gasteiger partial charge in [0, 0.05) is 23.3 Å². The van der Waals surface area contributed by atoms with E-state index in [9.17, 15) is 9.59 Å². The Morgan fingerprint density at radius 1 is 1.37 bits per heavy atom. The standard InChI is InChI=1S/C19H21ClN4O3/c1-4-9-24-12(3)16(18(25)21-15-10-11(2)27-23-15)17(22-19(24)26)13-7-5-6-8-14(13)20/h5-8,10,17H,4,9H2,1-3H3,(H,22,26)(H,21,23,25)/t17-/m1/s1. The second-order valence-electron chi connectivity index (χ2n) is 6.33. The number of allylic oxidation sites excluding steroid dienone is 1. The predicted octanol–water partition coefficient (Wildman–Crippen LogP) is 4.03. The summed E-state index contributed by atoms with van der Waals surface area (Å²) in [5.74, 6) is 0.532. The number of nitrogens with one attached hydrogen (secondary N) is 2. The van der Waals surface area contributed by atoms with Gasteiger partial charge >= 0.3 is 6.03 Å². The molecule has 0 spiro atoms. The van der Waals surface area contributed by atoms with Crippen LogP contribution in [0.1, 0.15) is 37.6 Å². The Bertz CT molecular complexity index is 906. The number of carbonyl (C=O) groups is 2. The van der Waals surface area contributed by atoms with Crippen LogP contribution < -0.4 is 10.6 Å². The minimum atomic E-state index is -0.660. The molecule has 2 heterocycles. The number of benzene rings is 1. The van der Waals surface area contributed by atoms with Crippen molar-refractivity contribution in [3.63, 3.8) is 0 Å². The number of halogens is 1. The fraction of sp³-hybridized carbons (Fsp3) is 0.316. The van der Waals surface area contributed by atoms with Gasteiger partial charge in [0.15, 0.2) is 5.82 Å². The highest BCUT2D eigenvalue weighted by atomic mass is 35.5. The molecule has 1 aromatic carbocycles. The Labute approximate surface area is 162 Å². The lowest BCUT2D eigenvalue weighted by atomic mass is 9.94. The molecule has 1 aromatic heterocycles. The highest BCUT2D eigenvalue weighted by Crippen LogP contribution is 2.34. The van der Waals surface area contributed by atoms with Crippen LogP contribution in [0.5, 0.6) is 0 Å². The van der Waals surface area contributed by atoms with Gasteiger partial charge in [0.25, 0.3) is 5.91 Å². The zero-order chi connectivity index (χ0) is 19.6. The molecule has 2 N–H and O–H groups in total. The molecule has 0 radical (unpaired) electrons. The van der Waals surface area contributed by atoms with Gasteiger partial charge in [-0.25, -0.2) is 4.79 Å². The third kappa shape index (κ3) is 3.83. The van der Waals surface area contributed by atoms with Crippen LogP contribution in [-0.2, 0) is 4.79 Å². The molecule has 27 heavy (non-hydrogen) atoms. The summed E-state index contributed by atoms with van der Waals surface area (Å²) in [5.41, 5.74) is 1.66. The van der Waals surface area contributed by atoms with E-state index in [0.717, 1.165) is 6.42 Å². The maximum atomic E-state index is 13.1. The number of nitrogens with zero attached hydrogens (tertiary/aromatic N) is 2. The smallest absolute Gasteiger partial charge is 0.322 e. The summed E-state index contributed by atoms with van der Waals surface area (Å²) in [6, 6.07) is 7.85. The second-order valence-corrected chi connectivity index (χ2v) is 6.74. The first kappa shape index (κ1) is 19.0. The van der Waals surface area contributed by atoms with Crippen molar-refractivity contribution >= 4 is 29.4 Å². The average molecular weight is 389 g/mol. The molecule has 2 aromatic rings. The number of anilines is 1. The largest absolute Gasteiger partial charge is 0.360 e. The molecule has 0 saturated heterocycles. The zero-order valence-electron chi connectivity index (χ0n) is 15.4. The van der Waals surface area contributed by atoms with E-state index in [2.05, 4.69) is 15.8 Å². The number of hydrogen-bond donors (Lipinski definition) is 2. The summed E-state index contributed by atoms with van der Waals surface area (Å²) >= 11 is 6.34. The van der Waals surface area contributed by atoms with Gasteiger partial charge in [-0.2, -0.15) is 0 Å². The fourth-order valence-corrected chi connectivity index (χ4v) is 3.36. The van der Waals surface area contributed by atoms with E-state index in [-0.39, 0.29) is 11.9 Å². The van der Waals surface area contributed by atoms with Crippen molar-refractivity contribution in [3.05, 3.63) is 57.9 Å². The van der Waals surface area contributed by atoms with Gasteiger partial charge in [0.2, 0.25) is 0 Å². The third-order valence-corrected chi connectivity index (χ3v) is 4.72. The van der Waals surface area contributed by atoms with Gasteiger partial charge in [-0.1, -0.05) is 41.9 Å². The molecule has 0 aliphatic carbocycles. The van der Waals surface area contributed by atoms with Gasteiger partial charge in [-0.05, 0) is 31.9 Å². The molecule has 0 bridgehead atoms. The van der Waals surface area contributed by atoms with Crippen molar-refractivity contribution in [2.24, 2.45) is 0 Å². The van der Waals surface area contributed by atoms with Crippen LogP contribution in [0.3, 0.4) is 0 Å². The summed E-state index contributed by atoms with van der Waals surface area (Å²) < 4.78 is 5.00. The number of hydrogen-bond acceptors (Lipinski definition) is 4. The lowest BCUT2D eigenvalue weighted by molar-refractivity contribution is -0.113.